The van der Waals surface area contributed by atoms with Gasteiger partial charge in [-0.15, -0.1) is 0 Å². The molecule has 0 aliphatic rings. The lowest BCUT2D eigenvalue weighted by Crippen LogP contribution is -2.23. The Morgan fingerprint density at radius 3 is 2.74 bits per heavy atom. The fraction of sp³-hybridized carbons (Fsp3) is 0.211. The number of hydrogen-bond donors (Lipinski definition) is 0. The van der Waals surface area contributed by atoms with Gasteiger partial charge in [0.1, 0.15) is 12.3 Å². The summed E-state index contributed by atoms with van der Waals surface area (Å²) in [5.74, 6) is -0.200. The van der Waals surface area contributed by atoms with Crippen LogP contribution in [0.15, 0.2) is 51.9 Å². The Balaban J connectivity index is 1.91. The normalized spacial score (nSPS) is 11.6. The van der Waals surface area contributed by atoms with Gasteiger partial charge in [-0.25, -0.2) is 0 Å². The van der Waals surface area contributed by atoms with Crippen molar-refractivity contribution < 1.29 is 19.1 Å². The number of thiazole rings is 1. The van der Waals surface area contributed by atoms with Crippen LogP contribution in [0.25, 0.3) is 10.2 Å². The molecule has 3 aromatic rings. The van der Waals surface area contributed by atoms with Crippen LogP contribution >= 0.6 is 27.3 Å². The van der Waals surface area contributed by atoms with Crippen LogP contribution in [0.2, 0.25) is 0 Å². The smallest absolute Gasteiger partial charge is 0.325 e. The molecule has 2 aromatic carbocycles. The van der Waals surface area contributed by atoms with Crippen LogP contribution in [0.3, 0.4) is 0 Å². The minimum Gasteiger partial charge on any atom is -0.483 e. The number of para-hydroxylation sites is 1. The number of amides is 1. The molecule has 0 radical (unpaired) electrons. The molecule has 0 saturated carbocycles. The summed E-state index contributed by atoms with van der Waals surface area (Å²) in [6.45, 7) is 1.70. The van der Waals surface area contributed by atoms with Crippen LogP contribution in [0, 0.1) is 6.92 Å². The van der Waals surface area contributed by atoms with E-state index in [1.54, 1.807) is 10.6 Å². The standard InChI is InChI=1S/C19H17BrN2O4S/c1-12-5-3-4-6-15(12)26-11-17(23)21-19-22(10-18(24)25-2)14-8-7-13(20)9-16(14)27-19/h3-9H,10-11H2,1-2H3. The van der Waals surface area contributed by atoms with Gasteiger partial charge in [-0.2, -0.15) is 4.99 Å². The first-order valence-corrected chi connectivity index (χ1v) is 9.70. The van der Waals surface area contributed by atoms with Crippen LogP contribution in [-0.2, 0) is 20.9 Å². The zero-order chi connectivity index (χ0) is 19.4. The van der Waals surface area contributed by atoms with Gasteiger partial charge in [-0.3, -0.25) is 9.59 Å². The Labute approximate surface area is 168 Å². The Bertz CT molecular complexity index is 1070. The number of halogens is 1. The van der Waals surface area contributed by atoms with Gasteiger partial charge in [0.05, 0.1) is 17.3 Å². The molecule has 1 aromatic heterocycles. The molecule has 0 fully saturated rings. The topological polar surface area (TPSA) is 69.9 Å². The lowest BCUT2D eigenvalue weighted by Gasteiger charge is -2.06. The van der Waals surface area contributed by atoms with Crippen LogP contribution in [-0.4, -0.2) is 30.2 Å². The highest BCUT2D eigenvalue weighted by Gasteiger charge is 2.12. The number of rotatable bonds is 5. The molecule has 0 atom stereocenters. The largest absolute Gasteiger partial charge is 0.483 e. The predicted molar refractivity (Wildman–Crippen MR) is 107 cm³/mol. The quantitative estimate of drug-likeness (QED) is 0.560. The molecule has 3 rings (SSSR count). The number of aromatic nitrogens is 1. The number of carbonyl (C=O) groups excluding carboxylic acids is 2. The minimum absolute atomic E-state index is 0.0249. The first-order valence-electron chi connectivity index (χ1n) is 8.09. The number of ether oxygens (including phenoxy) is 2. The Morgan fingerprint density at radius 1 is 1.22 bits per heavy atom. The number of fused-ring (bicyclic) bond motifs is 1. The van der Waals surface area contributed by atoms with E-state index in [4.69, 9.17) is 9.47 Å². The molecule has 8 heteroatoms. The van der Waals surface area contributed by atoms with E-state index in [0.29, 0.717) is 10.6 Å². The SMILES string of the molecule is COC(=O)Cn1c(=NC(=O)COc2ccccc2C)sc2cc(Br)ccc21. The maximum absolute atomic E-state index is 12.3. The Hall–Kier alpha value is -2.45. The van der Waals surface area contributed by atoms with E-state index in [1.165, 1.54) is 18.4 Å². The van der Waals surface area contributed by atoms with Crippen molar-refractivity contribution in [1.82, 2.24) is 4.57 Å². The summed E-state index contributed by atoms with van der Waals surface area (Å²) in [6, 6.07) is 13.1. The molecule has 27 heavy (non-hydrogen) atoms. The number of esters is 1. The number of nitrogens with zero attached hydrogens (tertiary/aromatic N) is 2. The highest BCUT2D eigenvalue weighted by atomic mass is 79.9. The monoisotopic (exact) mass is 448 g/mol. The first kappa shape index (κ1) is 19.3. The third kappa shape index (κ3) is 4.64. The predicted octanol–water partition coefficient (Wildman–Crippen LogP) is 3.45. The van der Waals surface area contributed by atoms with Gasteiger partial charge in [0, 0.05) is 4.47 Å². The van der Waals surface area contributed by atoms with E-state index in [1.807, 2.05) is 43.3 Å². The van der Waals surface area contributed by atoms with E-state index in [2.05, 4.69) is 20.9 Å². The lowest BCUT2D eigenvalue weighted by molar-refractivity contribution is -0.141. The lowest BCUT2D eigenvalue weighted by atomic mass is 10.2. The molecule has 0 spiro atoms. The molecular formula is C19H17BrN2O4S. The summed E-state index contributed by atoms with van der Waals surface area (Å²) in [4.78, 5) is 28.7. The Kier molecular flexibility index (Phi) is 6.08. The van der Waals surface area contributed by atoms with Gasteiger partial charge in [0.2, 0.25) is 0 Å². The van der Waals surface area contributed by atoms with Gasteiger partial charge in [0.25, 0.3) is 5.91 Å². The molecule has 0 bridgehead atoms. The molecule has 0 saturated heterocycles. The summed E-state index contributed by atoms with van der Waals surface area (Å²) in [7, 11) is 1.33. The third-order valence-corrected chi connectivity index (χ3v) is 5.36. The summed E-state index contributed by atoms with van der Waals surface area (Å²) in [5, 5.41) is 0. The van der Waals surface area contributed by atoms with E-state index in [-0.39, 0.29) is 13.2 Å². The summed E-state index contributed by atoms with van der Waals surface area (Å²) in [6.07, 6.45) is 0. The van der Waals surface area contributed by atoms with Crippen molar-refractivity contribution in [2.75, 3.05) is 13.7 Å². The van der Waals surface area contributed by atoms with Gasteiger partial charge in [-0.1, -0.05) is 45.5 Å². The fourth-order valence-electron chi connectivity index (χ4n) is 2.48. The average molecular weight is 449 g/mol. The van der Waals surface area contributed by atoms with Crippen molar-refractivity contribution in [3.05, 3.63) is 57.3 Å². The second kappa shape index (κ2) is 8.49. The zero-order valence-corrected chi connectivity index (χ0v) is 17.2. The van der Waals surface area contributed by atoms with Gasteiger partial charge >= 0.3 is 5.97 Å². The van der Waals surface area contributed by atoms with Crippen molar-refractivity contribution in [3.63, 3.8) is 0 Å². The van der Waals surface area contributed by atoms with E-state index >= 15 is 0 Å². The second-order valence-electron chi connectivity index (χ2n) is 5.72. The minimum atomic E-state index is -0.428. The summed E-state index contributed by atoms with van der Waals surface area (Å²) >= 11 is 4.75. The van der Waals surface area contributed by atoms with E-state index < -0.39 is 11.9 Å². The highest BCUT2D eigenvalue weighted by Crippen LogP contribution is 2.22. The number of hydrogen-bond acceptors (Lipinski definition) is 5. The maximum Gasteiger partial charge on any atom is 0.325 e. The summed E-state index contributed by atoms with van der Waals surface area (Å²) < 4.78 is 13.8. The van der Waals surface area contributed by atoms with Crippen molar-refractivity contribution in [1.29, 1.82) is 0 Å². The van der Waals surface area contributed by atoms with Crippen molar-refractivity contribution in [3.8, 4) is 5.75 Å². The molecule has 1 amide bonds. The van der Waals surface area contributed by atoms with Crippen LogP contribution in [0.4, 0.5) is 0 Å². The van der Waals surface area contributed by atoms with Gasteiger partial charge in [-0.05, 0) is 36.8 Å². The molecule has 0 aliphatic heterocycles. The molecule has 1 heterocycles. The number of aryl methyl sites for hydroxylation is 1. The van der Waals surface area contributed by atoms with Crippen LogP contribution in [0.1, 0.15) is 5.56 Å². The fourth-order valence-corrected chi connectivity index (χ4v) is 4.07. The molecule has 6 nitrogen and oxygen atoms in total. The molecule has 0 unspecified atom stereocenters. The number of carbonyl (C=O) groups is 2. The summed E-state index contributed by atoms with van der Waals surface area (Å²) in [5.41, 5.74) is 1.75. The van der Waals surface area contributed by atoms with Crippen molar-refractivity contribution in [2.24, 2.45) is 4.99 Å². The molecule has 140 valence electrons. The second-order valence-corrected chi connectivity index (χ2v) is 7.64. The zero-order valence-electron chi connectivity index (χ0n) is 14.8. The maximum atomic E-state index is 12.3. The third-order valence-electron chi connectivity index (χ3n) is 3.82. The Morgan fingerprint density at radius 2 is 2.00 bits per heavy atom. The highest BCUT2D eigenvalue weighted by molar-refractivity contribution is 9.10. The van der Waals surface area contributed by atoms with E-state index in [9.17, 15) is 9.59 Å². The van der Waals surface area contributed by atoms with Crippen molar-refractivity contribution in [2.45, 2.75) is 13.5 Å². The number of benzene rings is 2. The van der Waals surface area contributed by atoms with E-state index in [0.717, 1.165) is 20.3 Å². The average Bonchev–Trinajstić information content (AvgIpc) is 2.97. The van der Waals surface area contributed by atoms with Crippen LogP contribution < -0.4 is 9.54 Å². The van der Waals surface area contributed by atoms with Gasteiger partial charge < -0.3 is 14.0 Å². The molecular weight excluding hydrogens is 432 g/mol. The van der Waals surface area contributed by atoms with Gasteiger partial charge in [0.15, 0.2) is 11.4 Å². The first-order chi connectivity index (χ1) is 13.0. The molecule has 0 aliphatic carbocycles. The molecule has 0 N–H and O–H groups in total. The number of methoxy groups -OCH3 is 1. The van der Waals surface area contributed by atoms with Crippen molar-refractivity contribution >= 4 is 49.4 Å². The van der Waals surface area contributed by atoms with Crippen LogP contribution in [0.5, 0.6) is 5.75 Å².